The van der Waals surface area contributed by atoms with Crippen LogP contribution in [0.3, 0.4) is 0 Å². The number of aliphatic hydroxyl groups is 1. The number of aliphatic hydroxyl groups excluding tert-OH is 1. The Kier molecular flexibility index (Phi) is 65.0. The first-order valence-corrected chi connectivity index (χ1v) is 42.8. The van der Waals surface area contributed by atoms with Crippen molar-refractivity contribution in [1.29, 1.82) is 0 Å². The van der Waals surface area contributed by atoms with E-state index >= 15 is 0 Å². The molecule has 17 nitrogen and oxygen atoms in total. The summed E-state index contributed by atoms with van der Waals surface area (Å²) in [6.07, 6.45) is 51.5. The standard InChI is InChI=1S/C77H150O17P2/c1-9-69(7)55-47-39-31-23-19-15-11-13-17-21-25-33-41-49-57-74(79)87-63-72(93-76(81)59-51-43-34-26-22-18-14-12-16-20-24-32-40-48-56-70(8)10-2)65-91-95(83,84)89-61-71(78)62-90-96(85,86)92-66-73(94-77(82)60-52-44-36-28-30-38-46-54-68(5)6)64-88-75(80)58-50-42-35-27-29-37-45-53-67(3)4/h67-73,78H,9-66H2,1-8H3,(H,83,84)(H,85,86)/t69?,70?,71?,72-,73-/m1/s1. The molecule has 0 aromatic heterocycles. The van der Waals surface area contributed by atoms with E-state index in [-0.39, 0.29) is 25.7 Å². The van der Waals surface area contributed by atoms with E-state index in [0.29, 0.717) is 37.5 Å². The highest BCUT2D eigenvalue weighted by molar-refractivity contribution is 7.47. The van der Waals surface area contributed by atoms with Gasteiger partial charge in [0.2, 0.25) is 0 Å². The number of unbranched alkanes of at least 4 members (excludes halogenated alkanes) is 38. The van der Waals surface area contributed by atoms with Gasteiger partial charge in [0.1, 0.15) is 19.3 Å². The molecule has 0 aliphatic rings. The first kappa shape index (κ1) is 94.1. The average molecular weight is 1410 g/mol. The maximum atomic E-state index is 13.1. The zero-order chi connectivity index (χ0) is 71.0. The van der Waals surface area contributed by atoms with Crippen LogP contribution in [-0.4, -0.2) is 96.7 Å². The lowest BCUT2D eigenvalue weighted by Gasteiger charge is -2.21. The fraction of sp³-hybridized carbons (Fsp3) is 0.948. The van der Waals surface area contributed by atoms with E-state index < -0.39 is 97.5 Å². The van der Waals surface area contributed by atoms with Gasteiger partial charge in [0.25, 0.3) is 0 Å². The quantitative estimate of drug-likeness (QED) is 0.0222. The Morgan fingerprint density at radius 2 is 0.500 bits per heavy atom. The molecule has 0 bridgehead atoms. The van der Waals surface area contributed by atoms with Gasteiger partial charge in [-0.3, -0.25) is 37.3 Å². The molecule has 5 unspecified atom stereocenters. The molecule has 0 rings (SSSR count). The highest BCUT2D eigenvalue weighted by Gasteiger charge is 2.30. The lowest BCUT2D eigenvalue weighted by Crippen LogP contribution is -2.30. The van der Waals surface area contributed by atoms with Gasteiger partial charge in [0.15, 0.2) is 12.2 Å². The molecule has 0 fully saturated rings. The smallest absolute Gasteiger partial charge is 0.462 e. The molecule has 0 heterocycles. The van der Waals surface area contributed by atoms with Crippen LogP contribution in [0.25, 0.3) is 0 Å². The topological polar surface area (TPSA) is 237 Å². The van der Waals surface area contributed by atoms with Crippen molar-refractivity contribution in [1.82, 2.24) is 0 Å². The summed E-state index contributed by atoms with van der Waals surface area (Å²) >= 11 is 0. The number of esters is 4. The van der Waals surface area contributed by atoms with Crippen LogP contribution in [-0.2, 0) is 65.4 Å². The Labute approximate surface area is 588 Å². The second-order valence-electron chi connectivity index (χ2n) is 29.2. The zero-order valence-electron chi connectivity index (χ0n) is 63.0. The molecule has 19 heteroatoms. The van der Waals surface area contributed by atoms with Crippen LogP contribution in [0.2, 0.25) is 0 Å². The van der Waals surface area contributed by atoms with Gasteiger partial charge in [-0.2, -0.15) is 0 Å². The van der Waals surface area contributed by atoms with Crippen molar-refractivity contribution in [2.24, 2.45) is 23.7 Å². The number of phosphoric ester groups is 2. The van der Waals surface area contributed by atoms with Gasteiger partial charge in [0.05, 0.1) is 26.4 Å². The highest BCUT2D eigenvalue weighted by Crippen LogP contribution is 2.45. The minimum atomic E-state index is -4.96. The zero-order valence-corrected chi connectivity index (χ0v) is 64.8. The van der Waals surface area contributed by atoms with Crippen molar-refractivity contribution in [2.45, 2.75) is 408 Å². The van der Waals surface area contributed by atoms with Gasteiger partial charge in [-0.25, -0.2) is 9.13 Å². The van der Waals surface area contributed by atoms with E-state index in [1.54, 1.807) is 0 Å². The van der Waals surface area contributed by atoms with Gasteiger partial charge < -0.3 is 33.8 Å². The maximum absolute atomic E-state index is 13.1. The number of carbonyl (C=O) groups is 4. The van der Waals surface area contributed by atoms with Crippen LogP contribution < -0.4 is 0 Å². The summed E-state index contributed by atoms with van der Waals surface area (Å²) in [5.74, 6) is 0.974. The number of hydrogen-bond acceptors (Lipinski definition) is 15. The van der Waals surface area contributed by atoms with E-state index in [0.717, 1.165) is 108 Å². The van der Waals surface area contributed by atoms with E-state index in [2.05, 4.69) is 55.4 Å². The Morgan fingerprint density at radius 1 is 0.292 bits per heavy atom. The van der Waals surface area contributed by atoms with Gasteiger partial charge in [-0.1, -0.05) is 338 Å². The van der Waals surface area contributed by atoms with Crippen LogP contribution in [0, 0.1) is 23.7 Å². The second kappa shape index (κ2) is 66.3. The van der Waals surface area contributed by atoms with Crippen LogP contribution in [0.15, 0.2) is 0 Å². The molecule has 0 aliphatic heterocycles. The summed E-state index contributed by atoms with van der Waals surface area (Å²) in [6.45, 7) is 14.2. The molecular formula is C77H150O17P2. The summed E-state index contributed by atoms with van der Waals surface area (Å²) in [6, 6.07) is 0. The molecule has 0 spiro atoms. The molecule has 7 atom stereocenters. The minimum Gasteiger partial charge on any atom is -0.462 e. The maximum Gasteiger partial charge on any atom is 0.472 e. The highest BCUT2D eigenvalue weighted by atomic mass is 31.2. The van der Waals surface area contributed by atoms with E-state index in [9.17, 15) is 43.2 Å². The third-order valence-electron chi connectivity index (χ3n) is 18.5. The Balaban J connectivity index is 5.23. The molecule has 0 aromatic rings. The monoisotopic (exact) mass is 1410 g/mol. The van der Waals surface area contributed by atoms with Crippen LogP contribution >= 0.6 is 15.6 Å². The third-order valence-corrected chi connectivity index (χ3v) is 20.4. The van der Waals surface area contributed by atoms with E-state index in [1.807, 2.05) is 0 Å². The molecule has 0 radical (unpaired) electrons. The first-order valence-electron chi connectivity index (χ1n) is 39.8. The molecule has 0 saturated heterocycles. The van der Waals surface area contributed by atoms with Crippen LogP contribution in [0.1, 0.15) is 389 Å². The van der Waals surface area contributed by atoms with Crippen molar-refractivity contribution in [3.05, 3.63) is 0 Å². The Morgan fingerprint density at radius 3 is 0.740 bits per heavy atom. The summed E-state index contributed by atoms with van der Waals surface area (Å²) in [5, 5.41) is 10.6. The second-order valence-corrected chi connectivity index (χ2v) is 32.1. The van der Waals surface area contributed by atoms with Crippen LogP contribution in [0.5, 0.6) is 0 Å². The van der Waals surface area contributed by atoms with Crippen molar-refractivity contribution in [2.75, 3.05) is 39.6 Å². The molecule has 0 aliphatic carbocycles. The lowest BCUT2D eigenvalue weighted by atomic mass is 9.99. The molecule has 0 amide bonds. The van der Waals surface area contributed by atoms with Gasteiger partial charge in [-0.15, -0.1) is 0 Å². The van der Waals surface area contributed by atoms with E-state index in [1.165, 1.54) is 186 Å². The number of phosphoric acid groups is 2. The SMILES string of the molecule is CCC(C)CCCCCCCCCCCCCCCCC(=O)OC[C@H](COP(=O)(O)OCC(O)COP(=O)(O)OC[C@@H](COC(=O)CCCCCCCCCC(C)C)OC(=O)CCCCCCCCCC(C)C)OC(=O)CCCCCCCCCCCCCCCCC(C)CC. The number of carbonyl (C=O) groups excluding carboxylic acids is 4. The number of hydrogen-bond donors (Lipinski definition) is 3. The van der Waals surface area contributed by atoms with Crippen LogP contribution in [0.4, 0.5) is 0 Å². The van der Waals surface area contributed by atoms with Gasteiger partial charge >= 0.3 is 39.5 Å². The minimum absolute atomic E-state index is 0.102. The number of ether oxygens (including phenoxy) is 4. The number of rotatable bonds is 74. The van der Waals surface area contributed by atoms with Gasteiger partial charge in [-0.05, 0) is 49.4 Å². The normalized spacial score (nSPS) is 14.7. The Bertz CT molecular complexity index is 1890. The first-order chi connectivity index (χ1) is 46.2. The summed E-state index contributed by atoms with van der Waals surface area (Å²) in [4.78, 5) is 72.8. The average Bonchev–Trinajstić information content (AvgIpc) is 1.13. The Hall–Kier alpha value is -1.94. The van der Waals surface area contributed by atoms with Crippen molar-refractivity contribution in [3.63, 3.8) is 0 Å². The molecule has 3 N–H and O–H groups in total. The third kappa shape index (κ3) is 67.9. The predicted octanol–water partition coefficient (Wildman–Crippen LogP) is 22.4. The molecule has 0 aromatic carbocycles. The fourth-order valence-corrected chi connectivity index (χ4v) is 13.2. The lowest BCUT2D eigenvalue weighted by molar-refractivity contribution is -0.161. The summed E-state index contributed by atoms with van der Waals surface area (Å²) in [5.41, 5.74) is 0. The molecule has 96 heavy (non-hydrogen) atoms. The summed E-state index contributed by atoms with van der Waals surface area (Å²) < 4.78 is 68.5. The predicted molar refractivity (Wildman–Crippen MR) is 391 cm³/mol. The molecular weight excluding hydrogens is 1260 g/mol. The summed E-state index contributed by atoms with van der Waals surface area (Å²) in [7, 11) is -9.91. The van der Waals surface area contributed by atoms with E-state index in [4.69, 9.17) is 37.0 Å². The molecule has 0 saturated carbocycles. The fourth-order valence-electron chi connectivity index (χ4n) is 11.7. The molecule has 570 valence electrons. The van der Waals surface area contributed by atoms with Crippen molar-refractivity contribution < 1.29 is 80.2 Å². The van der Waals surface area contributed by atoms with Crippen molar-refractivity contribution in [3.8, 4) is 0 Å². The van der Waals surface area contributed by atoms with Crippen molar-refractivity contribution >= 4 is 39.5 Å². The largest absolute Gasteiger partial charge is 0.472 e. The van der Waals surface area contributed by atoms with Gasteiger partial charge in [0, 0.05) is 25.7 Å².